The maximum Gasteiger partial charge on any atom is 0.234 e. The monoisotopic (exact) mass is 344 g/mol. The summed E-state index contributed by atoms with van der Waals surface area (Å²) in [5, 5.41) is 5.25. The van der Waals surface area contributed by atoms with E-state index in [1.807, 2.05) is 18.4 Å². The zero-order valence-corrected chi connectivity index (χ0v) is 15.0. The molecule has 1 aromatic heterocycles. The Morgan fingerprint density at radius 3 is 2.83 bits per heavy atom. The Hall–Kier alpha value is -1.69. The number of thiophene rings is 1. The molecule has 1 aliphatic rings. The predicted octanol–water partition coefficient (Wildman–Crippen LogP) is 2.98. The van der Waals surface area contributed by atoms with Gasteiger partial charge in [-0.3, -0.25) is 9.69 Å². The number of nitrogens with zero attached hydrogens (tertiary/aromatic N) is 1. The van der Waals surface area contributed by atoms with E-state index in [0.717, 1.165) is 23.5 Å². The quantitative estimate of drug-likeness (QED) is 0.907. The van der Waals surface area contributed by atoms with Crippen molar-refractivity contribution in [3.63, 3.8) is 0 Å². The summed E-state index contributed by atoms with van der Waals surface area (Å²) in [6, 6.07) is 12.4. The molecule has 0 bridgehead atoms. The van der Waals surface area contributed by atoms with Gasteiger partial charge in [-0.25, -0.2) is 0 Å². The number of ether oxygens (including phenoxy) is 1. The van der Waals surface area contributed by atoms with Gasteiger partial charge in [0.1, 0.15) is 0 Å². The average Bonchev–Trinajstić information content (AvgIpc) is 3.08. The first kappa shape index (κ1) is 17.1. The number of amides is 1. The molecule has 2 heterocycles. The number of carbonyl (C=O) groups excluding carboxylic acids is 1. The van der Waals surface area contributed by atoms with Crippen LogP contribution in [0.15, 0.2) is 41.8 Å². The number of hydrogen-bond donors (Lipinski definition) is 1. The summed E-state index contributed by atoms with van der Waals surface area (Å²) >= 11 is 1.67. The lowest BCUT2D eigenvalue weighted by Crippen LogP contribution is -2.46. The minimum atomic E-state index is -0.0865. The van der Waals surface area contributed by atoms with Gasteiger partial charge < -0.3 is 10.1 Å². The van der Waals surface area contributed by atoms with Crippen molar-refractivity contribution in [1.29, 1.82) is 0 Å². The molecule has 1 amide bonds. The molecular weight excluding hydrogens is 320 g/mol. The third kappa shape index (κ3) is 4.44. The minimum Gasteiger partial charge on any atom is -0.376 e. The van der Waals surface area contributed by atoms with Gasteiger partial charge in [-0.1, -0.05) is 35.9 Å². The first-order valence-corrected chi connectivity index (χ1v) is 9.23. The summed E-state index contributed by atoms with van der Waals surface area (Å²) < 4.78 is 5.54. The molecule has 0 spiro atoms. The van der Waals surface area contributed by atoms with Crippen molar-refractivity contribution in [1.82, 2.24) is 10.2 Å². The molecule has 0 unspecified atom stereocenters. The Morgan fingerprint density at radius 1 is 1.38 bits per heavy atom. The molecular formula is C19H24N2O2S. The molecule has 24 heavy (non-hydrogen) atoms. The number of benzene rings is 1. The molecule has 1 N–H and O–H groups in total. The molecule has 1 fully saturated rings. The second-order valence-corrected chi connectivity index (χ2v) is 7.32. The van der Waals surface area contributed by atoms with E-state index in [9.17, 15) is 4.79 Å². The van der Waals surface area contributed by atoms with Gasteiger partial charge in [-0.15, -0.1) is 11.3 Å². The van der Waals surface area contributed by atoms with Gasteiger partial charge in [-0.05, 0) is 30.9 Å². The topological polar surface area (TPSA) is 41.6 Å². The van der Waals surface area contributed by atoms with Crippen molar-refractivity contribution in [2.24, 2.45) is 0 Å². The third-order valence-electron chi connectivity index (χ3n) is 4.24. The molecule has 5 heteroatoms. The van der Waals surface area contributed by atoms with Crippen molar-refractivity contribution in [2.45, 2.75) is 26.0 Å². The molecule has 0 aliphatic carbocycles. The molecule has 2 aromatic rings. The highest BCUT2D eigenvalue weighted by molar-refractivity contribution is 7.10. The zero-order chi connectivity index (χ0) is 16.9. The predicted molar refractivity (Wildman–Crippen MR) is 97.3 cm³/mol. The number of carbonyl (C=O) groups is 1. The summed E-state index contributed by atoms with van der Waals surface area (Å²) in [6.45, 7) is 6.85. The van der Waals surface area contributed by atoms with Gasteiger partial charge >= 0.3 is 0 Å². The number of nitrogens with one attached hydrogen (secondary N) is 1. The van der Waals surface area contributed by atoms with E-state index < -0.39 is 0 Å². The standard InChI is InChI=1S/C19H24N2O2S/c1-14-5-7-16(8-6-14)19(17-4-3-11-24-17)20-18(22)13-21-9-10-23-15(2)12-21/h3-8,11,15,19H,9-10,12-13H2,1-2H3,(H,20,22)/t15-,19-/m1/s1. The van der Waals surface area contributed by atoms with Crippen molar-refractivity contribution in [2.75, 3.05) is 26.2 Å². The Morgan fingerprint density at radius 2 is 2.17 bits per heavy atom. The molecule has 2 atom stereocenters. The average molecular weight is 344 g/mol. The molecule has 128 valence electrons. The van der Waals surface area contributed by atoms with Gasteiger partial charge in [0.15, 0.2) is 0 Å². The van der Waals surface area contributed by atoms with Crippen LogP contribution in [0.4, 0.5) is 0 Å². The van der Waals surface area contributed by atoms with Gasteiger partial charge in [-0.2, -0.15) is 0 Å². The highest BCUT2D eigenvalue weighted by Crippen LogP contribution is 2.26. The van der Waals surface area contributed by atoms with Crippen molar-refractivity contribution in [3.05, 3.63) is 57.8 Å². The van der Waals surface area contributed by atoms with Crippen LogP contribution in [0.3, 0.4) is 0 Å². The Labute approximate surface area is 147 Å². The summed E-state index contributed by atoms with van der Waals surface area (Å²) in [5.74, 6) is 0.0584. The van der Waals surface area contributed by atoms with Gasteiger partial charge in [0.25, 0.3) is 0 Å². The second kappa shape index (κ2) is 7.92. The van der Waals surface area contributed by atoms with Crippen LogP contribution in [-0.4, -0.2) is 43.2 Å². The minimum absolute atomic E-state index is 0.0584. The zero-order valence-electron chi connectivity index (χ0n) is 14.2. The fourth-order valence-electron chi connectivity index (χ4n) is 2.98. The number of aryl methyl sites for hydroxylation is 1. The highest BCUT2D eigenvalue weighted by Gasteiger charge is 2.22. The van der Waals surface area contributed by atoms with Crippen LogP contribution in [0.5, 0.6) is 0 Å². The highest BCUT2D eigenvalue weighted by atomic mass is 32.1. The first-order chi connectivity index (χ1) is 11.6. The van der Waals surface area contributed by atoms with Crippen molar-refractivity contribution < 1.29 is 9.53 Å². The van der Waals surface area contributed by atoms with Crippen LogP contribution in [0.25, 0.3) is 0 Å². The number of rotatable bonds is 5. The van der Waals surface area contributed by atoms with E-state index in [1.54, 1.807) is 11.3 Å². The van der Waals surface area contributed by atoms with Crippen LogP contribution in [0.1, 0.15) is 29.0 Å². The molecule has 4 nitrogen and oxygen atoms in total. The Kier molecular flexibility index (Phi) is 5.66. The maximum absolute atomic E-state index is 12.6. The summed E-state index contributed by atoms with van der Waals surface area (Å²) in [6.07, 6.45) is 0.191. The van der Waals surface area contributed by atoms with Crippen LogP contribution in [0, 0.1) is 6.92 Å². The molecule has 0 saturated carbocycles. The van der Waals surface area contributed by atoms with E-state index in [0.29, 0.717) is 13.2 Å². The summed E-state index contributed by atoms with van der Waals surface area (Å²) in [7, 11) is 0. The summed E-state index contributed by atoms with van der Waals surface area (Å²) in [4.78, 5) is 15.9. The lowest BCUT2D eigenvalue weighted by Gasteiger charge is -2.31. The largest absolute Gasteiger partial charge is 0.376 e. The molecule has 1 saturated heterocycles. The van der Waals surface area contributed by atoms with E-state index in [1.165, 1.54) is 5.56 Å². The fraction of sp³-hybridized carbons (Fsp3) is 0.421. The van der Waals surface area contributed by atoms with Crippen molar-refractivity contribution >= 4 is 17.2 Å². The van der Waals surface area contributed by atoms with E-state index >= 15 is 0 Å². The molecule has 0 radical (unpaired) electrons. The van der Waals surface area contributed by atoms with Gasteiger partial charge in [0.05, 0.1) is 25.3 Å². The molecule has 1 aliphatic heterocycles. The smallest absolute Gasteiger partial charge is 0.234 e. The van der Waals surface area contributed by atoms with Crippen LogP contribution < -0.4 is 5.32 Å². The fourth-order valence-corrected chi connectivity index (χ4v) is 3.78. The Bertz CT molecular complexity index is 655. The lowest BCUT2D eigenvalue weighted by molar-refractivity contribution is -0.124. The first-order valence-electron chi connectivity index (χ1n) is 8.35. The van der Waals surface area contributed by atoms with Crippen molar-refractivity contribution in [3.8, 4) is 0 Å². The summed E-state index contributed by atoms with van der Waals surface area (Å²) in [5.41, 5.74) is 2.34. The van der Waals surface area contributed by atoms with Gasteiger partial charge in [0.2, 0.25) is 5.91 Å². The Balaban J connectivity index is 1.70. The third-order valence-corrected chi connectivity index (χ3v) is 5.17. The van der Waals surface area contributed by atoms with E-state index in [2.05, 4.69) is 47.5 Å². The van der Waals surface area contributed by atoms with E-state index in [4.69, 9.17) is 4.74 Å². The lowest BCUT2D eigenvalue weighted by atomic mass is 10.0. The SMILES string of the molecule is Cc1ccc([C@@H](NC(=O)CN2CCO[C@H](C)C2)c2cccs2)cc1. The van der Waals surface area contributed by atoms with Crippen LogP contribution in [-0.2, 0) is 9.53 Å². The van der Waals surface area contributed by atoms with Crippen LogP contribution in [0.2, 0.25) is 0 Å². The van der Waals surface area contributed by atoms with Crippen LogP contribution >= 0.6 is 11.3 Å². The molecule has 1 aromatic carbocycles. The second-order valence-electron chi connectivity index (χ2n) is 6.34. The number of morpholine rings is 1. The normalized spacial score (nSPS) is 19.8. The van der Waals surface area contributed by atoms with E-state index in [-0.39, 0.29) is 18.1 Å². The number of hydrogen-bond acceptors (Lipinski definition) is 4. The molecule has 3 rings (SSSR count). The maximum atomic E-state index is 12.6. The van der Waals surface area contributed by atoms with Gasteiger partial charge in [0, 0.05) is 18.0 Å².